The van der Waals surface area contributed by atoms with E-state index >= 15 is 0 Å². The maximum Gasteiger partial charge on any atom is 0.254 e. The first kappa shape index (κ1) is 13.7. The molecule has 1 aromatic rings. The third kappa shape index (κ3) is 3.19. The fourth-order valence-electron chi connectivity index (χ4n) is 2.13. The molecule has 104 valence electrons. The van der Waals surface area contributed by atoms with E-state index in [0.29, 0.717) is 12.1 Å². The van der Waals surface area contributed by atoms with E-state index in [9.17, 15) is 18.4 Å². The number of aryl methyl sites for hydroxylation is 1. The van der Waals surface area contributed by atoms with Crippen molar-refractivity contribution in [2.24, 2.45) is 0 Å². The molecule has 1 aromatic heterocycles. The summed E-state index contributed by atoms with van der Waals surface area (Å²) in [5.41, 5.74) is 0.592. The molecule has 2 rings (SSSR count). The molecule has 0 aromatic carbocycles. The number of alkyl halides is 2. The van der Waals surface area contributed by atoms with Crippen molar-refractivity contribution in [3.63, 3.8) is 0 Å². The van der Waals surface area contributed by atoms with Gasteiger partial charge in [0, 0.05) is 43.3 Å². The van der Waals surface area contributed by atoms with Gasteiger partial charge in [-0.15, -0.1) is 0 Å². The standard InChI is InChI=1S/C13H16F2N2O2/c1-2-10-7-9(8-11(18)16-10)12(19)17-5-3-13(14,15)4-6-17/h7-8H,2-6H2,1H3,(H,16,18). The third-order valence-electron chi connectivity index (χ3n) is 3.31. The van der Waals surface area contributed by atoms with Crippen LogP contribution in [0.25, 0.3) is 0 Å². The van der Waals surface area contributed by atoms with Gasteiger partial charge in [0.2, 0.25) is 5.56 Å². The second-order valence-electron chi connectivity index (χ2n) is 4.76. The summed E-state index contributed by atoms with van der Waals surface area (Å²) in [6, 6.07) is 2.82. The van der Waals surface area contributed by atoms with Crippen molar-refractivity contribution in [2.75, 3.05) is 13.1 Å². The van der Waals surface area contributed by atoms with E-state index in [1.165, 1.54) is 11.0 Å². The Hall–Kier alpha value is -1.72. The lowest BCUT2D eigenvalue weighted by Crippen LogP contribution is -2.43. The molecule has 2 heterocycles. The van der Waals surface area contributed by atoms with Crippen LogP contribution >= 0.6 is 0 Å². The number of nitrogens with zero attached hydrogens (tertiary/aromatic N) is 1. The quantitative estimate of drug-likeness (QED) is 0.891. The Morgan fingerprint density at radius 3 is 2.58 bits per heavy atom. The number of hydrogen-bond donors (Lipinski definition) is 1. The first-order valence-corrected chi connectivity index (χ1v) is 6.31. The number of pyridine rings is 1. The van der Waals surface area contributed by atoms with E-state index in [0.717, 1.165) is 0 Å². The lowest BCUT2D eigenvalue weighted by molar-refractivity contribution is -0.0494. The average molecular weight is 270 g/mol. The number of likely N-dealkylation sites (tertiary alicyclic amines) is 1. The van der Waals surface area contributed by atoms with Gasteiger partial charge in [-0.25, -0.2) is 8.78 Å². The second-order valence-corrected chi connectivity index (χ2v) is 4.76. The third-order valence-corrected chi connectivity index (χ3v) is 3.31. The Bertz CT molecular complexity index is 530. The van der Waals surface area contributed by atoms with E-state index < -0.39 is 5.92 Å². The molecule has 0 aliphatic carbocycles. The number of nitrogens with one attached hydrogen (secondary N) is 1. The first-order chi connectivity index (χ1) is 8.91. The van der Waals surface area contributed by atoms with Gasteiger partial charge in [0.25, 0.3) is 11.8 Å². The number of H-pyrrole nitrogens is 1. The molecule has 1 aliphatic heterocycles. The fraction of sp³-hybridized carbons (Fsp3) is 0.538. The van der Waals surface area contributed by atoms with E-state index in [1.807, 2.05) is 6.92 Å². The number of carbonyl (C=O) groups is 1. The van der Waals surface area contributed by atoms with Crippen LogP contribution in [0.1, 0.15) is 35.8 Å². The Labute approximate surface area is 109 Å². The molecule has 6 heteroatoms. The van der Waals surface area contributed by atoms with Gasteiger partial charge in [0.1, 0.15) is 0 Å². The van der Waals surface area contributed by atoms with Gasteiger partial charge in [-0.3, -0.25) is 9.59 Å². The van der Waals surface area contributed by atoms with Crippen LogP contribution in [-0.2, 0) is 6.42 Å². The Morgan fingerprint density at radius 1 is 1.37 bits per heavy atom. The molecular formula is C13H16F2N2O2. The lowest BCUT2D eigenvalue weighted by Gasteiger charge is -2.31. The van der Waals surface area contributed by atoms with Gasteiger partial charge in [-0.1, -0.05) is 6.92 Å². The summed E-state index contributed by atoms with van der Waals surface area (Å²) in [6.07, 6.45) is -0.0282. The summed E-state index contributed by atoms with van der Waals surface area (Å²) in [4.78, 5) is 27.6. The zero-order chi connectivity index (χ0) is 14.0. The van der Waals surface area contributed by atoms with Gasteiger partial charge in [0.05, 0.1) is 0 Å². The molecule has 1 amide bonds. The highest BCUT2D eigenvalue weighted by atomic mass is 19.3. The van der Waals surface area contributed by atoms with Crippen molar-refractivity contribution in [1.82, 2.24) is 9.88 Å². The minimum Gasteiger partial charge on any atom is -0.338 e. The largest absolute Gasteiger partial charge is 0.338 e. The molecule has 0 unspecified atom stereocenters. The van der Waals surface area contributed by atoms with Gasteiger partial charge in [-0.2, -0.15) is 0 Å². The predicted octanol–water partition coefficient (Wildman–Crippen LogP) is 1.81. The molecular weight excluding hydrogens is 254 g/mol. The molecule has 0 radical (unpaired) electrons. The number of piperidine rings is 1. The molecule has 1 N–H and O–H groups in total. The maximum atomic E-state index is 13.0. The van der Waals surface area contributed by atoms with Gasteiger partial charge in [-0.05, 0) is 12.5 Å². The molecule has 1 saturated heterocycles. The van der Waals surface area contributed by atoms with Crippen molar-refractivity contribution in [1.29, 1.82) is 0 Å². The Morgan fingerprint density at radius 2 is 2.00 bits per heavy atom. The van der Waals surface area contributed by atoms with Gasteiger partial charge in [0.15, 0.2) is 0 Å². The molecule has 19 heavy (non-hydrogen) atoms. The zero-order valence-electron chi connectivity index (χ0n) is 10.7. The van der Waals surface area contributed by atoms with Crippen LogP contribution in [0.4, 0.5) is 8.78 Å². The van der Waals surface area contributed by atoms with E-state index in [1.54, 1.807) is 6.07 Å². The molecule has 1 fully saturated rings. The highest BCUT2D eigenvalue weighted by Crippen LogP contribution is 2.28. The van der Waals surface area contributed by atoms with Crippen LogP contribution in [-0.4, -0.2) is 34.8 Å². The van der Waals surface area contributed by atoms with Crippen LogP contribution in [0.3, 0.4) is 0 Å². The summed E-state index contributed by atoms with van der Waals surface area (Å²) in [7, 11) is 0. The van der Waals surface area contributed by atoms with Crippen molar-refractivity contribution in [3.05, 3.63) is 33.7 Å². The molecule has 0 atom stereocenters. The topological polar surface area (TPSA) is 53.2 Å². The number of rotatable bonds is 2. The fourth-order valence-corrected chi connectivity index (χ4v) is 2.13. The number of carbonyl (C=O) groups excluding carboxylic acids is 1. The maximum absolute atomic E-state index is 13.0. The van der Waals surface area contributed by atoms with Crippen LogP contribution in [0.2, 0.25) is 0 Å². The molecule has 4 nitrogen and oxygen atoms in total. The number of aromatic amines is 1. The number of aromatic nitrogens is 1. The Balaban J connectivity index is 2.16. The minimum absolute atomic E-state index is 0.0279. The second kappa shape index (κ2) is 5.11. The summed E-state index contributed by atoms with van der Waals surface area (Å²) in [6.45, 7) is 1.92. The molecule has 0 bridgehead atoms. The first-order valence-electron chi connectivity index (χ1n) is 6.31. The average Bonchev–Trinajstić information content (AvgIpc) is 2.37. The number of amides is 1. The number of halogens is 2. The van der Waals surface area contributed by atoms with Crippen LogP contribution < -0.4 is 5.56 Å². The normalized spacial score (nSPS) is 18.4. The van der Waals surface area contributed by atoms with E-state index in [2.05, 4.69) is 4.98 Å². The lowest BCUT2D eigenvalue weighted by atomic mass is 10.1. The molecule has 0 saturated carbocycles. The van der Waals surface area contributed by atoms with Crippen molar-refractivity contribution < 1.29 is 13.6 Å². The smallest absolute Gasteiger partial charge is 0.254 e. The summed E-state index contributed by atoms with van der Waals surface area (Å²) >= 11 is 0. The number of hydrogen-bond acceptors (Lipinski definition) is 2. The van der Waals surface area contributed by atoms with Crippen molar-refractivity contribution >= 4 is 5.91 Å². The van der Waals surface area contributed by atoms with Crippen LogP contribution in [0.5, 0.6) is 0 Å². The SMILES string of the molecule is CCc1cc(C(=O)N2CCC(F)(F)CC2)cc(=O)[nH]1. The monoisotopic (exact) mass is 270 g/mol. The predicted molar refractivity (Wildman–Crippen MR) is 66.5 cm³/mol. The molecule has 0 spiro atoms. The van der Waals surface area contributed by atoms with Gasteiger partial charge >= 0.3 is 0 Å². The summed E-state index contributed by atoms with van der Waals surface area (Å²) in [5.74, 6) is -3.03. The molecule has 1 aliphatic rings. The van der Waals surface area contributed by atoms with Crippen LogP contribution in [0.15, 0.2) is 16.9 Å². The summed E-state index contributed by atoms with van der Waals surface area (Å²) < 4.78 is 26.1. The van der Waals surface area contributed by atoms with E-state index in [4.69, 9.17) is 0 Å². The Kier molecular flexibility index (Phi) is 3.68. The van der Waals surface area contributed by atoms with Crippen molar-refractivity contribution in [3.8, 4) is 0 Å². The zero-order valence-corrected chi connectivity index (χ0v) is 10.7. The summed E-state index contributed by atoms with van der Waals surface area (Å²) in [5, 5.41) is 0. The van der Waals surface area contributed by atoms with Crippen LogP contribution in [0, 0.1) is 0 Å². The highest BCUT2D eigenvalue weighted by molar-refractivity contribution is 5.94. The van der Waals surface area contributed by atoms with E-state index in [-0.39, 0.29) is 43.0 Å². The highest BCUT2D eigenvalue weighted by Gasteiger charge is 2.35. The minimum atomic E-state index is -2.68. The van der Waals surface area contributed by atoms with Gasteiger partial charge < -0.3 is 9.88 Å². The van der Waals surface area contributed by atoms with Crippen molar-refractivity contribution in [2.45, 2.75) is 32.1 Å².